The number of hydrogen-bond acceptors (Lipinski definition) is 3. The molecule has 0 amide bonds. The van der Waals surface area contributed by atoms with E-state index in [4.69, 9.17) is 15.2 Å². The van der Waals surface area contributed by atoms with Crippen LogP contribution in [0.5, 0.6) is 11.5 Å². The number of halogens is 2. The van der Waals surface area contributed by atoms with E-state index in [9.17, 15) is 8.78 Å². The van der Waals surface area contributed by atoms with Crippen molar-refractivity contribution in [2.45, 2.75) is 18.4 Å². The van der Waals surface area contributed by atoms with E-state index in [-0.39, 0.29) is 13.2 Å². The van der Waals surface area contributed by atoms with Gasteiger partial charge in [0.1, 0.15) is 6.61 Å². The van der Waals surface area contributed by atoms with Crippen LogP contribution in [0.2, 0.25) is 0 Å². The summed E-state index contributed by atoms with van der Waals surface area (Å²) in [6.07, 6.45) is -1.66. The highest BCUT2D eigenvalue weighted by Gasteiger charge is 2.43. The summed E-state index contributed by atoms with van der Waals surface area (Å²) in [4.78, 5) is 0. The zero-order valence-corrected chi connectivity index (χ0v) is 8.66. The molecule has 0 saturated carbocycles. The van der Waals surface area contributed by atoms with E-state index in [1.165, 1.54) is 0 Å². The largest absolute Gasteiger partial charge is 0.486 e. The quantitative estimate of drug-likeness (QED) is 0.859. The topological polar surface area (TPSA) is 44.5 Å². The Morgan fingerprint density at radius 1 is 1.31 bits per heavy atom. The molecule has 0 spiro atoms. The Balaban J connectivity index is 2.13. The Labute approximate surface area is 92.1 Å². The maximum atomic E-state index is 13.5. The molecule has 0 radical (unpaired) electrons. The average Bonchev–Trinajstić information content (AvgIpc) is 2.28. The SMILES string of the molecule is NCCC(F)(F)C1COc2ccccc2O1. The number of benzene rings is 1. The van der Waals surface area contributed by atoms with E-state index in [0.717, 1.165) is 0 Å². The molecule has 1 aliphatic heterocycles. The van der Waals surface area contributed by atoms with E-state index >= 15 is 0 Å². The molecule has 16 heavy (non-hydrogen) atoms. The van der Waals surface area contributed by atoms with Gasteiger partial charge in [-0.15, -0.1) is 0 Å². The van der Waals surface area contributed by atoms with Crippen molar-refractivity contribution in [3.8, 4) is 11.5 Å². The predicted octanol–water partition coefficient (Wildman–Crippen LogP) is 1.81. The van der Waals surface area contributed by atoms with Gasteiger partial charge in [0.25, 0.3) is 5.92 Å². The fourth-order valence-electron chi connectivity index (χ4n) is 1.58. The Morgan fingerprint density at radius 2 is 2.00 bits per heavy atom. The van der Waals surface area contributed by atoms with Crippen LogP contribution in [0.15, 0.2) is 24.3 Å². The molecule has 3 nitrogen and oxygen atoms in total. The zero-order chi connectivity index (χ0) is 11.6. The maximum Gasteiger partial charge on any atom is 0.288 e. The highest BCUT2D eigenvalue weighted by atomic mass is 19.3. The number of alkyl halides is 2. The fourth-order valence-corrected chi connectivity index (χ4v) is 1.58. The van der Waals surface area contributed by atoms with Gasteiger partial charge in [0, 0.05) is 6.42 Å². The molecule has 5 heteroatoms. The number of fused-ring (bicyclic) bond motifs is 1. The van der Waals surface area contributed by atoms with Crippen LogP contribution in [0.4, 0.5) is 8.78 Å². The predicted molar refractivity (Wildman–Crippen MR) is 55.0 cm³/mol. The average molecular weight is 229 g/mol. The lowest BCUT2D eigenvalue weighted by molar-refractivity contribution is -0.121. The standard InChI is InChI=1S/C11H13F2NO2/c12-11(13,5-6-14)10-7-15-8-3-1-2-4-9(8)16-10/h1-4,10H,5-7,14H2. The van der Waals surface area contributed by atoms with Crippen LogP contribution < -0.4 is 15.2 Å². The van der Waals surface area contributed by atoms with Crippen LogP contribution in [-0.4, -0.2) is 25.2 Å². The summed E-state index contributed by atoms with van der Waals surface area (Å²) in [6, 6.07) is 6.78. The molecule has 0 saturated heterocycles. The first-order valence-electron chi connectivity index (χ1n) is 5.10. The fraction of sp³-hybridized carbons (Fsp3) is 0.455. The van der Waals surface area contributed by atoms with Crippen LogP contribution in [-0.2, 0) is 0 Å². The number of ether oxygens (including phenoxy) is 2. The lowest BCUT2D eigenvalue weighted by atomic mass is 10.1. The second-order valence-corrected chi connectivity index (χ2v) is 3.66. The third-order valence-electron chi connectivity index (χ3n) is 2.46. The molecular formula is C11H13F2NO2. The molecule has 1 unspecified atom stereocenters. The van der Waals surface area contributed by atoms with E-state index in [2.05, 4.69) is 0 Å². The normalized spacial score (nSPS) is 19.6. The molecule has 1 aromatic rings. The van der Waals surface area contributed by atoms with Crippen molar-refractivity contribution < 1.29 is 18.3 Å². The van der Waals surface area contributed by atoms with Crippen molar-refractivity contribution >= 4 is 0 Å². The Kier molecular flexibility index (Phi) is 2.96. The van der Waals surface area contributed by atoms with Crippen molar-refractivity contribution in [1.29, 1.82) is 0 Å². The van der Waals surface area contributed by atoms with Crippen LogP contribution in [0, 0.1) is 0 Å². The minimum Gasteiger partial charge on any atom is -0.486 e. The van der Waals surface area contributed by atoms with Gasteiger partial charge in [0.2, 0.25) is 0 Å². The highest BCUT2D eigenvalue weighted by Crippen LogP contribution is 2.36. The van der Waals surface area contributed by atoms with Gasteiger partial charge < -0.3 is 15.2 Å². The second kappa shape index (κ2) is 4.25. The van der Waals surface area contributed by atoms with E-state index in [1.54, 1.807) is 24.3 Å². The minimum absolute atomic E-state index is 0.0749. The first-order chi connectivity index (χ1) is 7.63. The summed E-state index contributed by atoms with van der Waals surface area (Å²) in [5.74, 6) is -2.10. The molecule has 0 aliphatic carbocycles. The Morgan fingerprint density at radius 3 is 2.69 bits per heavy atom. The van der Waals surface area contributed by atoms with Crippen molar-refractivity contribution in [3.05, 3.63) is 24.3 Å². The number of hydrogen-bond donors (Lipinski definition) is 1. The lowest BCUT2D eigenvalue weighted by Crippen LogP contribution is -2.45. The molecular weight excluding hydrogens is 216 g/mol. The molecule has 88 valence electrons. The third kappa shape index (κ3) is 2.09. The van der Waals surface area contributed by atoms with Gasteiger partial charge >= 0.3 is 0 Å². The van der Waals surface area contributed by atoms with Gasteiger partial charge in [-0.25, -0.2) is 8.78 Å². The minimum atomic E-state index is -2.96. The smallest absolute Gasteiger partial charge is 0.288 e. The van der Waals surface area contributed by atoms with Gasteiger partial charge in [-0.2, -0.15) is 0 Å². The summed E-state index contributed by atoms with van der Waals surface area (Å²) < 4.78 is 37.5. The van der Waals surface area contributed by atoms with E-state index in [0.29, 0.717) is 11.5 Å². The lowest BCUT2D eigenvalue weighted by Gasteiger charge is -2.31. The monoisotopic (exact) mass is 229 g/mol. The first-order valence-corrected chi connectivity index (χ1v) is 5.10. The van der Waals surface area contributed by atoms with Gasteiger partial charge in [-0.05, 0) is 18.7 Å². The molecule has 1 aliphatic rings. The second-order valence-electron chi connectivity index (χ2n) is 3.66. The van der Waals surface area contributed by atoms with Crippen LogP contribution in [0.3, 0.4) is 0 Å². The highest BCUT2D eigenvalue weighted by molar-refractivity contribution is 5.40. The molecule has 0 fully saturated rings. The Hall–Kier alpha value is -1.36. The molecule has 0 aromatic heterocycles. The van der Waals surface area contributed by atoms with Crippen LogP contribution >= 0.6 is 0 Å². The van der Waals surface area contributed by atoms with Gasteiger partial charge in [0.15, 0.2) is 17.6 Å². The van der Waals surface area contributed by atoms with E-state index < -0.39 is 18.4 Å². The molecule has 1 heterocycles. The summed E-state index contributed by atoms with van der Waals surface area (Å²) in [5.41, 5.74) is 5.14. The van der Waals surface area contributed by atoms with Gasteiger partial charge in [-0.1, -0.05) is 12.1 Å². The van der Waals surface area contributed by atoms with Gasteiger partial charge in [-0.3, -0.25) is 0 Å². The Bertz CT molecular complexity index is 371. The van der Waals surface area contributed by atoms with Crippen LogP contribution in [0.25, 0.3) is 0 Å². The van der Waals surface area contributed by atoms with E-state index in [1.807, 2.05) is 0 Å². The van der Waals surface area contributed by atoms with Crippen molar-refractivity contribution in [2.24, 2.45) is 5.73 Å². The number of nitrogens with two attached hydrogens (primary N) is 1. The van der Waals surface area contributed by atoms with Crippen molar-refractivity contribution in [2.75, 3.05) is 13.2 Å². The molecule has 1 atom stereocenters. The van der Waals surface area contributed by atoms with Gasteiger partial charge in [0.05, 0.1) is 0 Å². The van der Waals surface area contributed by atoms with Crippen molar-refractivity contribution in [1.82, 2.24) is 0 Å². The van der Waals surface area contributed by atoms with Crippen LogP contribution in [0.1, 0.15) is 6.42 Å². The summed E-state index contributed by atoms with van der Waals surface area (Å²) in [5, 5.41) is 0. The molecule has 1 aromatic carbocycles. The summed E-state index contributed by atoms with van der Waals surface area (Å²) in [6.45, 7) is -0.224. The summed E-state index contributed by atoms with van der Waals surface area (Å²) in [7, 11) is 0. The van der Waals surface area contributed by atoms with Crippen molar-refractivity contribution in [3.63, 3.8) is 0 Å². The maximum absolute atomic E-state index is 13.5. The number of para-hydroxylation sites is 2. The number of rotatable bonds is 3. The molecule has 0 bridgehead atoms. The first kappa shape index (κ1) is 11.1. The third-order valence-corrected chi connectivity index (χ3v) is 2.46. The summed E-state index contributed by atoms with van der Waals surface area (Å²) >= 11 is 0. The zero-order valence-electron chi connectivity index (χ0n) is 8.66. The molecule has 2 N–H and O–H groups in total. The molecule has 2 rings (SSSR count).